The number of nitrogens with two attached hydrogens (primary N) is 1. The number of nitrogens with zero attached hydrogens (tertiary/aromatic N) is 12. The van der Waals surface area contributed by atoms with E-state index in [0.29, 0.717) is 67.2 Å². The second kappa shape index (κ2) is 19.7. The van der Waals surface area contributed by atoms with Crippen molar-refractivity contribution in [3.8, 4) is 11.4 Å². The van der Waals surface area contributed by atoms with Gasteiger partial charge in [-0.05, 0) is 83.9 Å². The van der Waals surface area contributed by atoms with Crippen LogP contribution in [0, 0.1) is 0 Å². The predicted molar refractivity (Wildman–Crippen MR) is 272 cm³/mol. The molecule has 1 aliphatic heterocycles. The first-order valence-electron chi connectivity index (χ1n) is 23.0. The Kier molecular flexibility index (Phi) is 12.2. The maximum atomic E-state index is 11.5. The summed E-state index contributed by atoms with van der Waals surface area (Å²) in [5.41, 5.74) is 15.0. The Balaban J connectivity index is 0.000000159. The number of amidine groups is 1. The molecule has 350 valence electrons. The molecule has 0 atom stereocenters. The normalized spacial score (nSPS) is 13.2. The Hall–Kier alpha value is -9.42. The lowest BCUT2D eigenvalue weighted by Crippen LogP contribution is -2.33. The second-order valence-corrected chi connectivity index (χ2v) is 17.1. The number of rotatable bonds is 12. The number of carbonyl (C=O) groups is 1. The van der Waals surface area contributed by atoms with E-state index in [2.05, 4.69) is 97.4 Å². The third-order valence-corrected chi connectivity index (χ3v) is 12.3. The quantitative estimate of drug-likeness (QED) is 0.0388. The van der Waals surface area contributed by atoms with Gasteiger partial charge in [0.25, 0.3) is 0 Å². The zero-order chi connectivity index (χ0) is 48.1. The third-order valence-electron chi connectivity index (χ3n) is 12.3. The number of nitrogens with one attached hydrogen (secondary N) is 2. The molecule has 71 heavy (non-hydrogen) atoms. The van der Waals surface area contributed by atoms with Crippen LogP contribution >= 0.6 is 0 Å². The second-order valence-electron chi connectivity index (χ2n) is 17.1. The smallest absolute Gasteiger partial charge is 0.241 e. The highest BCUT2D eigenvalue weighted by molar-refractivity contribution is 6.02. The van der Waals surface area contributed by atoms with E-state index in [1.54, 1.807) is 18.5 Å². The van der Waals surface area contributed by atoms with Gasteiger partial charge in [-0.1, -0.05) is 71.0 Å². The molecular formula is C53H45N15O3. The SMILES string of the molecule is NC(=NO)c1ccc2ncnc(Nc3ccc4c(cnn4Cc4ccccc4)c3)c2c1.O=C1CCN(Cc2nc(-c3ccc4ncnc(Nc5ccc6c(cnn6Cc6ccccc6)c5)c4c3)no2)CC1. The average molecular weight is 940 g/mol. The van der Waals surface area contributed by atoms with Crippen LogP contribution in [-0.4, -0.2) is 84.5 Å². The van der Waals surface area contributed by atoms with Crippen molar-refractivity contribution in [2.75, 3.05) is 23.7 Å². The maximum absolute atomic E-state index is 11.5. The number of likely N-dealkylation sites (tertiary alicyclic amines) is 1. The van der Waals surface area contributed by atoms with Gasteiger partial charge in [-0.3, -0.25) is 19.1 Å². The van der Waals surface area contributed by atoms with Gasteiger partial charge >= 0.3 is 0 Å². The van der Waals surface area contributed by atoms with E-state index < -0.39 is 0 Å². The summed E-state index contributed by atoms with van der Waals surface area (Å²) < 4.78 is 9.51. The number of hydrogen-bond donors (Lipinski definition) is 4. The largest absolute Gasteiger partial charge is 0.409 e. The summed E-state index contributed by atoms with van der Waals surface area (Å²) in [6.07, 6.45) is 7.95. The fourth-order valence-electron chi connectivity index (χ4n) is 8.62. The first kappa shape index (κ1) is 44.1. The number of oxime groups is 1. The standard InChI is InChI=1S/C30H26N8O2.C23H19N7O/c39-24-10-12-37(13-11-24)18-28-35-29(36-40-28)21-6-8-26-25(15-21)30(32-19-31-26)34-23-7-9-27-22(14-23)16-33-38(27)17-20-4-2-1-3-5-20;24-22(29-31)16-6-8-20-19(11-16)23(26-14-25-20)28-18-7-9-21-17(10-18)12-27-30(21)13-15-4-2-1-3-5-15/h1-9,14-16,19H,10-13,17-18H2,(H,31,32,34);1-12,14,31H,13H2,(H2,24,29)(H,25,26,28). The lowest BCUT2D eigenvalue weighted by molar-refractivity contribution is -0.121. The molecule has 0 saturated carbocycles. The third kappa shape index (κ3) is 9.81. The summed E-state index contributed by atoms with van der Waals surface area (Å²) >= 11 is 0. The molecule has 5 N–H and O–H groups in total. The topological polar surface area (TPSA) is 229 Å². The summed E-state index contributed by atoms with van der Waals surface area (Å²) in [5.74, 6) is 2.70. The van der Waals surface area contributed by atoms with E-state index in [9.17, 15) is 4.79 Å². The minimum Gasteiger partial charge on any atom is -0.409 e. The highest BCUT2D eigenvalue weighted by atomic mass is 16.5. The van der Waals surface area contributed by atoms with Crippen LogP contribution < -0.4 is 16.4 Å². The number of hydrogen-bond acceptors (Lipinski definition) is 15. The molecule has 6 heterocycles. The molecule has 0 amide bonds. The Morgan fingerprint density at radius 3 is 1.79 bits per heavy atom. The van der Waals surface area contributed by atoms with Crippen LogP contribution in [0.3, 0.4) is 0 Å². The zero-order valence-electron chi connectivity index (χ0n) is 38.2. The van der Waals surface area contributed by atoms with E-state index in [1.165, 1.54) is 17.5 Å². The summed E-state index contributed by atoms with van der Waals surface area (Å²) in [4.78, 5) is 35.9. The van der Waals surface area contributed by atoms with Crippen molar-refractivity contribution in [3.63, 3.8) is 0 Å². The van der Waals surface area contributed by atoms with Crippen molar-refractivity contribution in [3.05, 3.63) is 181 Å². The van der Waals surface area contributed by atoms with Crippen molar-refractivity contribution in [1.29, 1.82) is 0 Å². The van der Waals surface area contributed by atoms with Crippen LogP contribution in [0.15, 0.2) is 168 Å². The van der Waals surface area contributed by atoms with Crippen LogP contribution in [0.25, 0.3) is 55.0 Å². The number of fused-ring (bicyclic) bond motifs is 4. The molecule has 1 fully saturated rings. The minimum atomic E-state index is 0.0314. The Labute approximate surface area is 405 Å². The molecule has 0 spiro atoms. The summed E-state index contributed by atoms with van der Waals surface area (Å²) in [5, 5.41) is 35.9. The molecular weight excluding hydrogens is 895 g/mol. The van der Waals surface area contributed by atoms with Crippen molar-refractivity contribution >= 4 is 78.2 Å². The molecule has 12 rings (SSSR count). The Morgan fingerprint density at radius 1 is 0.648 bits per heavy atom. The van der Waals surface area contributed by atoms with Crippen LogP contribution in [-0.2, 0) is 24.4 Å². The zero-order valence-corrected chi connectivity index (χ0v) is 38.2. The van der Waals surface area contributed by atoms with Crippen LogP contribution in [0.1, 0.15) is 35.4 Å². The number of anilines is 4. The van der Waals surface area contributed by atoms with E-state index in [-0.39, 0.29) is 5.84 Å². The predicted octanol–water partition coefficient (Wildman–Crippen LogP) is 8.85. The van der Waals surface area contributed by atoms with Gasteiger partial charge < -0.3 is 26.1 Å². The van der Waals surface area contributed by atoms with Gasteiger partial charge in [-0.15, -0.1) is 0 Å². The first-order valence-corrected chi connectivity index (χ1v) is 23.0. The number of ketones is 1. The van der Waals surface area contributed by atoms with E-state index in [0.717, 1.165) is 73.6 Å². The number of benzene rings is 6. The summed E-state index contributed by atoms with van der Waals surface area (Å²) in [7, 11) is 0. The van der Waals surface area contributed by atoms with Crippen LogP contribution in [0.2, 0.25) is 0 Å². The van der Waals surface area contributed by atoms with Gasteiger partial charge in [-0.25, -0.2) is 19.9 Å². The van der Waals surface area contributed by atoms with Crippen LogP contribution in [0.4, 0.5) is 23.0 Å². The Bertz CT molecular complexity index is 3710. The number of piperidine rings is 1. The molecule has 6 aromatic carbocycles. The molecule has 18 heteroatoms. The van der Waals surface area contributed by atoms with E-state index >= 15 is 0 Å². The monoisotopic (exact) mass is 939 g/mol. The Morgan fingerprint density at radius 2 is 1.21 bits per heavy atom. The molecule has 18 nitrogen and oxygen atoms in total. The lowest BCUT2D eigenvalue weighted by Gasteiger charge is -2.23. The van der Waals surface area contributed by atoms with Crippen molar-refractivity contribution in [2.45, 2.75) is 32.5 Å². The summed E-state index contributed by atoms with van der Waals surface area (Å²) in [6, 6.07) is 44.0. The van der Waals surface area contributed by atoms with Gasteiger partial charge in [0.05, 0.1) is 54.1 Å². The first-order chi connectivity index (χ1) is 34.9. The molecule has 5 aromatic heterocycles. The highest BCUT2D eigenvalue weighted by Gasteiger charge is 2.20. The van der Waals surface area contributed by atoms with Gasteiger partial charge in [0.1, 0.15) is 30.1 Å². The molecule has 11 aromatic rings. The highest BCUT2D eigenvalue weighted by Crippen LogP contribution is 2.30. The van der Waals surface area contributed by atoms with Gasteiger partial charge in [0.15, 0.2) is 5.84 Å². The van der Waals surface area contributed by atoms with Crippen molar-refractivity contribution in [1.82, 2.24) is 54.5 Å². The number of aromatic nitrogens is 10. The average Bonchev–Trinajstić information content (AvgIpc) is 4.16. The lowest BCUT2D eigenvalue weighted by atomic mass is 10.1. The fourth-order valence-corrected chi connectivity index (χ4v) is 8.62. The van der Waals surface area contributed by atoms with Gasteiger partial charge in [0.2, 0.25) is 11.7 Å². The van der Waals surface area contributed by atoms with Gasteiger partial charge in [-0.2, -0.15) is 15.2 Å². The number of Topliss-reactive ketones (excluding diaryl/α,β-unsaturated/α-hetero) is 1. The minimum absolute atomic E-state index is 0.0314. The van der Waals surface area contributed by atoms with E-state index in [1.807, 2.05) is 107 Å². The van der Waals surface area contributed by atoms with Crippen molar-refractivity contribution in [2.24, 2.45) is 10.9 Å². The molecule has 1 saturated heterocycles. The molecule has 0 bridgehead atoms. The van der Waals surface area contributed by atoms with Crippen molar-refractivity contribution < 1.29 is 14.5 Å². The molecule has 1 aliphatic rings. The molecule has 0 unspecified atom stereocenters. The molecule has 0 aliphatic carbocycles. The molecule has 0 radical (unpaired) electrons. The van der Waals surface area contributed by atoms with Gasteiger partial charge in [0, 0.05) is 70.0 Å². The van der Waals surface area contributed by atoms with E-state index in [4.69, 9.17) is 15.5 Å². The fraction of sp³-hybridized carbons (Fsp3) is 0.132. The maximum Gasteiger partial charge on any atom is 0.241 e. The van der Waals surface area contributed by atoms with Crippen LogP contribution in [0.5, 0.6) is 0 Å². The number of carbonyl (C=O) groups excluding carboxylic acids is 1. The summed E-state index contributed by atoms with van der Waals surface area (Å²) in [6.45, 7) is 3.40.